The third-order valence-electron chi connectivity index (χ3n) is 4.26. The van der Waals surface area contributed by atoms with Gasteiger partial charge < -0.3 is 15.0 Å². The third kappa shape index (κ3) is 6.03. The largest absolute Gasteiger partial charge is 0.573 e. The van der Waals surface area contributed by atoms with Gasteiger partial charge in [-0.2, -0.15) is 0 Å². The van der Waals surface area contributed by atoms with Crippen molar-refractivity contribution in [3.05, 3.63) is 29.8 Å². The summed E-state index contributed by atoms with van der Waals surface area (Å²) in [4.78, 5) is 13.7. The van der Waals surface area contributed by atoms with E-state index in [1.165, 1.54) is 23.1 Å². The van der Waals surface area contributed by atoms with E-state index < -0.39 is 6.36 Å². The lowest BCUT2D eigenvalue weighted by atomic mass is 9.93. The van der Waals surface area contributed by atoms with Gasteiger partial charge in [0.2, 0.25) is 5.91 Å². The summed E-state index contributed by atoms with van der Waals surface area (Å²) in [6.45, 7) is 2.06. The minimum absolute atomic E-state index is 0.0599. The number of para-hydroxylation sites is 1. The number of ether oxygens (including phenoxy) is 1. The van der Waals surface area contributed by atoms with Crippen LogP contribution in [0.15, 0.2) is 24.3 Å². The predicted molar refractivity (Wildman–Crippen MR) is 84.4 cm³/mol. The predicted octanol–water partition coefficient (Wildman–Crippen LogP) is 3.32. The first-order chi connectivity index (χ1) is 11.3. The minimum atomic E-state index is -4.74. The second-order valence-electron chi connectivity index (χ2n) is 6.14. The molecule has 0 aromatic heterocycles. The molecule has 4 nitrogen and oxygen atoms in total. The molecule has 0 saturated carbocycles. The van der Waals surface area contributed by atoms with Crippen LogP contribution in [0, 0.1) is 5.92 Å². The van der Waals surface area contributed by atoms with Crippen LogP contribution in [-0.4, -0.2) is 37.3 Å². The number of hydrogen-bond acceptors (Lipinski definition) is 3. The molecule has 1 amide bonds. The van der Waals surface area contributed by atoms with Gasteiger partial charge in [0.1, 0.15) is 5.75 Å². The number of benzene rings is 1. The lowest BCUT2D eigenvalue weighted by Crippen LogP contribution is -2.30. The maximum atomic E-state index is 12.4. The van der Waals surface area contributed by atoms with Crippen molar-refractivity contribution in [3.63, 3.8) is 0 Å². The molecule has 7 heteroatoms. The molecular weight excluding hydrogens is 321 g/mol. The number of amides is 1. The Bertz CT molecular complexity index is 543. The Morgan fingerprint density at radius 3 is 2.62 bits per heavy atom. The Labute approximate surface area is 140 Å². The van der Waals surface area contributed by atoms with Gasteiger partial charge in [0.15, 0.2) is 0 Å². The van der Waals surface area contributed by atoms with Gasteiger partial charge in [0.05, 0.1) is 0 Å². The lowest BCUT2D eigenvalue weighted by molar-refractivity contribution is -0.275. The second-order valence-corrected chi connectivity index (χ2v) is 6.14. The van der Waals surface area contributed by atoms with Crippen molar-refractivity contribution in [1.82, 2.24) is 10.2 Å². The van der Waals surface area contributed by atoms with E-state index in [0.29, 0.717) is 17.9 Å². The van der Waals surface area contributed by atoms with Crippen LogP contribution < -0.4 is 10.1 Å². The van der Waals surface area contributed by atoms with Gasteiger partial charge in [-0.15, -0.1) is 13.2 Å². The number of nitrogens with one attached hydrogen (secondary N) is 1. The van der Waals surface area contributed by atoms with Crippen LogP contribution in [0.4, 0.5) is 13.2 Å². The van der Waals surface area contributed by atoms with Gasteiger partial charge in [-0.1, -0.05) is 18.2 Å². The van der Waals surface area contributed by atoms with E-state index in [9.17, 15) is 18.0 Å². The zero-order chi connectivity index (χ0) is 17.6. The molecule has 1 aliphatic heterocycles. The summed E-state index contributed by atoms with van der Waals surface area (Å²) in [5.74, 6) is 0.225. The smallest absolute Gasteiger partial charge is 0.405 e. The highest BCUT2D eigenvalue weighted by Gasteiger charge is 2.32. The van der Waals surface area contributed by atoms with Crippen LogP contribution in [0.3, 0.4) is 0 Å². The standard InChI is InChI=1S/C17H23F3N2O2/c1-22(16(23)7-6-13-8-10-21-11-9-13)12-14-4-2-3-5-15(14)24-17(18,19)20/h2-5,13,21H,6-12H2,1H3. The number of nitrogens with zero attached hydrogens (tertiary/aromatic N) is 1. The molecule has 1 fully saturated rings. The molecule has 134 valence electrons. The van der Waals surface area contributed by atoms with Gasteiger partial charge in [0, 0.05) is 25.6 Å². The summed E-state index contributed by atoms with van der Waals surface area (Å²) in [7, 11) is 1.61. The molecular formula is C17H23F3N2O2. The highest BCUT2D eigenvalue weighted by molar-refractivity contribution is 5.75. The molecule has 0 bridgehead atoms. The fourth-order valence-electron chi connectivity index (χ4n) is 2.89. The fourth-order valence-corrected chi connectivity index (χ4v) is 2.89. The molecule has 0 atom stereocenters. The van der Waals surface area contributed by atoms with Crippen molar-refractivity contribution in [1.29, 1.82) is 0 Å². The topological polar surface area (TPSA) is 41.6 Å². The molecule has 2 rings (SSSR count). The number of rotatable bonds is 6. The van der Waals surface area contributed by atoms with E-state index >= 15 is 0 Å². The Morgan fingerprint density at radius 1 is 1.29 bits per heavy atom. The maximum absolute atomic E-state index is 12.4. The Morgan fingerprint density at radius 2 is 1.96 bits per heavy atom. The van der Waals surface area contributed by atoms with Crippen LogP contribution in [0.25, 0.3) is 0 Å². The van der Waals surface area contributed by atoms with Crippen molar-refractivity contribution < 1.29 is 22.7 Å². The van der Waals surface area contributed by atoms with Crippen molar-refractivity contribution >= 4 is 5.91 Å². The summed E-state index contributed by atoms with van der Waals surface area (Å²) in [6.07, 6.45) is -1.36. The van der Waals surface area contributed by atoms with Crippen molar-refractivity contribution in [3.8, 4) is 5.75 Å². The van der Waals surface area contributed by atoms with Gasteiger partial charge in [-0.05, 0) is 44.3 Å². The average molecular weight is 344 g/mol. The van der Waals surface area contributed by atoms with Gasteiger partial charge in [-0.25, -0.2) is 0 Å². The first kappa shape index (κ1) is 18.6. The average Bonchev–Trinajstić information content (AvgIpc) is 2.54. The number of piperidine rings is 1. The monoisotopic (exact) mass is 344 g/mol. The second kappa shape index (κ2) is 8.37. The number of carbonyl (C=O) groups is 1. The zero-order valence-electron chi connectivity index (χ0n) is 13.7. The van der Waals surface area contributed by atoms with Gasteiger partial charge in [0.25, 0.3) is 0 Å². The minimum Gasteiger partial charge on any atom is -0.405 e. The van der Waals surface area contributed by atoms with Crippen LogP contribution in [-0.2, 0) is 11.3 Å². The molecule has 24 heavy (non-hydrogen) atoms. The van der Waals surface area contributed by atoms with Crippen LogP contribution in [0.2, 0.25) is 0 Å². The molecule has 0 aliphatic carbocycles. The highest BCUT2D eigenvalue weighted by Crippen LogP contribution is 2.27. The quantitative estimate of drug-likeness (QED) is 0.861. The molecule has 0 radical (unpaired) electrons. The van der Waals surface area contributed by atoms with Gasteiger partial charge >= 0.3 is 6.36 Å². The number of hydrogen-bond donors (Lipinski definition) is 1. The highest BCUT2D eigenvalue weighted by atomic mass is 19.4. The normalized spacial score (nSPS) is 16.0. The first-order valence-electron chi connectivity index (χ1n) is 8.13. The van der Waals surface area contributed by atoms with E-state index in [1.807, 2.05) is 0 Å². The first-order valence-corrected chi connectivity index (χ1v) is 8.13. The number of carbonyl (C=O) groups excluding carboxylic acids is 1. The van der Waals surface area contributed by atoms with E-state index in [4.69, 9.17) is 0 Å². The molecule has 0 spiro atoms. The Balaban J connectivity index is 1.89. The lowest BCUT2D eigenvalue weighted by Gasteiger charge is -2.24. The fraction of sp³-hybridized carbons (Fsp3) is 0.588. The maximum Gasteiger partial charge on any atom is 0.573 e. The molecule has 1 heterocycles. The van der Waals surface area contributed by atoms with Crippen LogP contribution in [0.1, 0.15) is 31.2 Å². The van der Waals surface area contributed by atoms with E-state index in [1.54, 1.807) is 13.1 Å². The third-order valence-corrected chi connectivity index (χ3v) is 4.26. The van der Waals surface area contributed by atoms with Crippen LogP contribution >= 0.6 is 0 Å². The molecule has 1 aromatic rings. The van der Waals surface area contributed by atoms with Crippen LogP contribution in [0.5, 0.6) is 5.75 Å². The van der Waals surface area contributed by atoms with Crippen molar-refractivity contribution in [2.75, 3.05) is 20.1 Å². The van der Waals surface area contributed by atoms with Crippen molar-refractivity contribution in [2.45, 2.75) is 38.6 Å². The molecule has 0 unspecified atom stereocenters. The zero-order valence-corrected chi connectivity index (χ0v) is 13.7. The molecule has 1 aliphatic rings. The Hall–Kier alpha value is -1.76. The summed E-state index contributed by atoms with van der Waals surface area (Å²) in [5.41, 5.74) is 0.340. The van der Waals surface area contributed by atoms with E-state index in [2.05, 4.69) is 10.1 Å². The number of halogens is 3. The summed E-state index contributed by atoms with van der Waals surface area (Å²) >= 11 is 0. The Kier molecular flexibility index (Phi) is 6.48. The molecule has 1 N–H and O–H groups in total. The number of alkyl halides is 3. The van der Waals surface area contributed by atoms with E-state index in [0.717, 1.165) is 32.4 Å². The van der Waals surface area contributed by atoms with E-state index in [-0.39, 0.29) is 18.2 Å². The van der Waals surface area contributed by atoms with Crippen molar-refractivity contribution in [2.24, 2.45) is 5.92 Å². The molecule has 1 aromatic carbocycles. The summed E-state index contributed by atoms with van der Waals surface area (Å²) < 4.78 is 41.3. The van der Waals surface area contributed by atoms with Gasteiger partial charge in [-0.3, -0.25) is 4.79 Å². The summed E-state index contributed by atoms with van der Waals surface area (Å²) in [6, 6.07) is 5.91. The molecule has 1 saturated heterocycles. The summed E-state index contributed by atoms with van der Waals surface area (Å²) in [5, 5.41) is 3.28. The SMILES string of the molecule is CN(Cc1ccccc1OC(F)(F)F)C(=O)CCC1CCNCC1.